The molecule has 0 aliphatic carbocycles. The Morgan fingerprint density at radius 3 is 2.70 bits per heavy atom. The molecule has 0 radical (unpaired) electrons. The Labute approximate surface area is 222 Å². The van der Waals surface area contributed by atoms with Gasteiger partial charge in [0.15, 0.2) is 17.2 Å². The van der Waals surface area contributed by atoms with E-state index in [0.717, 1.165) is 34.3 Å². The van der Waals surface area contributed by atoms with Crippen molar-refractivity contribution in [2.24, 2.45) is 10.2 Å². The van der Waals surface area contributed by atoms with Gasteiger partial charge in [0.25, 0.3) is 5.91 Å². The van der Waals surface area contributed by atoms with Crippen LogP contribution in [0, 0.1) is 0 Å². The maximum Gasteiger partial charge on any atom is 0.296 e. The van der Waals surface area contributed by atoms with Crippen molar-refractivity contribution in [2.75, 3.05) is 20.8 Å². The number of carbonyl (C=O) groups excluding carboxylic acids is 1. The van der Waals surface area contributed by atoms with Crippen LogP contribution in [0.1, 0.15) is 34.5 Å². The first-order chi connectivity index (χ1) is 17.9. The molecular formula is C27H26BrN5O4. The molecule has 0 saturated heterocycles. The molecule has 10 heteroatoms. The first kappa shape index (κ1) is 24.9. The second-order valence-corrected chi connectivity index (χ2v) is 9.71. The number of fused-ring (bicyclic) bond motifs is 2. The van der Waals surface area contributed by atoms with Crippen LogP contribution in [0.4, 0.5) is 5.69 Å². The minimum absolute atomic E-state index is 0.0545. The average Bonchev–Trinajstić information content (AvgIpc) is 3.17. The van der Waals surface area contributed by atoms with Crippen LogP contribution < -0.4 is 9.47 Å². The van der Waals surface area contributed by atoms with Crippen molar-refractivity contribution >= 4 is 38.4 Å². The number of carbonyl (C=O) groups is 1. The predicted molar refractivity (Wildman–Crippen MR) is 143 cm³/mol. The number of azo groups is 1. The molecule has 1 N–H and O–H groups in total. The monoisotopic (exact) mass is 563 g/mol. The zero-order valence-corrected chi connectivity index (χ0v) is 22.3. The molecule has 0 bridgehead atoms. The third-order valence-electron chi connectivity index (χ3n) is 6.76. The number of hydrogen-bond acceptors (Lipinski definition) is 7. The quantitative estimate of drug-likeness (QED) is 0.288. The number of hydrogen-bond donors (Lipinski definition) is 1. The summed E-state index contributed by atoms with van der Waals surface area (Å²) in [7, 11) is 3.27. The minimum atomic E-state index is -0.533. The summed E-state index contributed by atoms with van der Waals surface area (Å²) >= 11 is 3.50. The number of pyridine rings is 1. The van der Waals surface area contributed by atoms with E-state index in [1.807, 2.05) is 30.3 Å². The fourth-order valence-corrected chi connectivity index (χ4v) is 5.11. The summed E-state index contributed by atoms with van der Waals surface area (Å²) < 4.78 is 13.6. The zero-order valence-electron chi connectivity index (χ0n) is 20.7. The summed E-state index contributed by atoms with van der Waals surface area (Å²) in [6.07, 6.45) is 3.84. The Hall–Kier alpha value is -3.76. The molecule has 2 aromatic heterocycles. The molecule has 1 amide bonds. The highest BCUT2D eigenvalue weighted by atomic mass is 79.9. The molecule has 3 heterocycles. The predicted octanol–water partition coefficient (Wildman–Crippen LogP) is 6.02. The fourth-order valence-electron chi connectivity index (χ4n) is 4.75. The van der Waals surface area contributed by atoms with Crippen LogP contribution in [0.25, 0.3) is 10.9 Å². The molecule has 0 spiro atoms. The molecular weight excluding hydrogens is 538 g/mol. The van der Waals surface area contributed by atoms with Crippen molar-refractivity contribution in [3.63, 3.8) is 0 Å². The third kappa shape index (κ3) is 4.70. The summed E-state index contributed by atoms with van der Waals surface area (Å²) in [5, 5.41) is 20.0. The number of benzene rings is 2. The van der Waals surface area contributed by atoms with Crippen LogP contribution in [0.5, 0.6) is 17.4 Å². The molecule has 9 nitrogen and oxygen atoms in total. The molecule has 2 aromatic carbocycles. The summed E-state index contributed by atoms with van der Waals surface area (Å²) in [6, 6.07) is 13.1. The van der Waals surface area contributed by atoms with Crippen LogP contribution >= 0.6 is 15.9 Å². The van der Waals surface area contributed by atoms with Crippen molar-refractivity contribution in [1.29, 1.82) is 0 Å². The van der Waals surface area contributed by atoms with Gasteiger partial charge < -0.3 is 14.6 Å². The van der Waals surface area contributed by atoms with Gasteiger partial charge in [-0.25, -0.2) is 0 Å². The van der Waals surface area contributed by atoms with E-state index in [1.165, 1.54) is 11.8 Å². The molecule has 1 unspecified atom stereocenters. The Kier molecular flexibility index (Phi) is 6.94. The third-order valence-corrected chi connectivity index (χ3v) is 7.25. The number of halogens is 1. The summed E-state index contributed by atoms with van der Waals surface area (Å²) in [4.78, 5) is 18.7. The van der Waals surface area contributed by atoms with Gasteiger partial charge in [-0.15, -0.1) is 10.2 Å². The van der Waals surface area contributed by atoms with E-state index in [-0.39, 0.29) is 17.6 Å². The van der Waals surface area contributed by atoms with Gasteiger partial charge in [-0.2, -0.15) is 0 Å². The number of methoxy groups -OCH3 is 2. The zero-order chi connectivity index (χ0) is 26.1. The highest BCUT2D eigenvalue weighted by Gasteiger charge is 2.28. The lowest BCUT2D eigenvalue weighted by Gasteiger charge is -2.36. The van der Waals surface area contributed by atoms with Crippen LogP contribution in [0.2, 0.25) is 0 Å². The van der Waals surface area contributed by atoms with E-state index in [2.05, 4.69) is 43.0 Å². The lowest BCUT2D eigenvalue weighted by molar-refractivity contribution is 0.0994. The highest BCUT2D eigenvalue weighted by Crippen LogP contribution is 2.42. The Bertz CT molecular complexity index is 1500. The Balaban J connectivity index is 1.49. The number of rotatable bonds is 6. The normalized spacial score (nSPS) is 15.7. The number of ether oxygens (including phenoxy) is 2. The molecule has 5 rings (SSSR count). The maximum absolute atomic E-state index is 12.5. The van der Waals surface area contributed by atoms with E-state index in [1.54, 1.807) is 37.1 Å². The Morgan fingerprint density at radius 2 is 1.97 bits per heavy atom. The molecule has 1 aliphatic heterocycles. The van der Waals surface area contributed by atoms with Gasteiger partial charge in [0.2, 0.25) is 5.88 Å². The lowest BCUT2D eigenvalue weighted by atomic mass is 9.93. The largest absolute Gasteiger partial charge is 0.493 e. The fraction of sp³-hybridized carbons (Fsp3) is 0.259. The molecule has 0 saturated carbocycles. The van der Waals surface area contributed by atoms with Crippen molar-refractivity contribution < 1.29 is 19.4 Å². The lowest BCUT2D eigenvalue weighted by Crippen LogP contribution is -2.35. The average molecular weight is 564 g/mol. The minimum Gasteiger partial charge on any atom is -0.493 e. The van der Waals surface area contributed by atoms with Gasteiger partial charge in [-0.1, -0.05) is 15.9 Å². The topological polar surface area (TPSA) is 102 Å². The van der Waals surface area contributed by atoms with Crippen molar-refractivity contribution in [1.82, 2.24) is 14.5 Å². The van der Waals surface area contributed by atoms with Gasteiger partial charge in [-0.05, 0) is 66.9 Å². The first-order valence-electron chi connectivity index (χ1n) is 11.8. The standard InChI is InChI=1S/C27H26BrN5O4/c1-16-20-13-24(37-3)23(36-2)11-17(20)8-10-32(16)15-33-22-7-6-19(28)12-21(22)25(27(33)35)30-31-26(34)18-5-4-9-29-14-18/h4-7,9,11-14,16,35H,8,10,15H2,1-3H3. The van der Waals surface area contributed by atoms with Crippen LogP contribution in [-0.4, -0.2) is 46.2 Å². The van der Waals surface area contributed by atoms with Crippen LogP contribution in [-0.2, 0) is 13.1 Å². The van der Waals surface area contributed by atoms with E-state index < -0.39 is 5.91 Å². The summed E-state index contributed by atoms with van der Waals surface area (Å²) in [5.74, 6) is 0.822. The van der Waals surface area contributed by atoms with E-state index in [4.69, 9.17) is 9.47 Å². The van der Waals surface area contributed by atoms with Gasteiger partial charge in [-0.3, -0.25) is 19.2 Å². The second kappa shape index (κ2) is 10.3. The summed E-state index contributed by atoms with van der Waals surface area (Å²) in [5.41, 5.74) is 3.72. The molecule has 1 aliphatic rings. The van der Waals surface area contributed by atoms with Gasteiger partial charge in [0, 0.05) is 34.8 Å². The number of aromatic nitrogens is 2. The van der Waals surface area contributed by atoms with Crippen LogP contribution in [0.3, 0.4) is 0 Å². The number of amides is 1. The van der Waals surface area contributed by atoms with Crippen molar-refractivity contribution in [2.45, 2.75) is 26.1 Å². The van der Waals surface area contributed by atoms with E-state index in [9.17, 15) is 9.90 Å². The molecule has 0 fully saturated rings. The smallest absolute Gasteiger partial charge is 0.296 e. The van der Waals surface area contributed by atoms with Crippen molar-refractivity contribution in [3.05, 3.63) is 76.0 Å². The van der Waals surface area contributed by atoms with Gasteiger partial charge in [0.1, 0.15) is 0 Å². The van der Waals surface area contributed by atoms with E-state index in [0.29, 0.717) is 23.4 Å². The number of nitrogens with zero attached hydrogens (tertiary/aromatic N) is 5. The maximum atomic E-state index is 12.5. The van der Waals surface area contributed by atoms with Crippen LogP contribution in [0.15, 0.2) is 69.6 Å². The highest BCUT2D eigenvalue weighted by molar-refractivity contribution is 9.10. The molecule has 1 atom stereocenters. The van der Waals surface area contributed by atoms with Gasteiger partial charge >= 0.3 is 0 Å². The summed E-state index contributed by atoms with van der Waals surface area (Å²) in [6.45, 7) is 3.34. The SMILES string of the molecule is COc1cc2c(cc1OC)C(C)N(Cn1c(O)c(N=NC(=O)c3cccnc3)c3cc(Br)ccc31)CC2. The molecule has 4 aromatic rings. The second-order valence-electron chi connectivity index (χ2n) is 8.79. The first-order valence-corrected chi connectivity index (χ1v) is 12.6. The van der Waals surface area contributed by atoms with E-state index >= 15 is 0 Å². The van der Waals surface area contributed by atoms with Crippen molar-refractivity contribution in [3.8, 4) is 17.4 Å². The Morgan fingerprint density at radius 1 is 1.19 bits per heavy atom. The molecule has 37 heavy (non-hydrogen) atoms. The number of aromatic hydroxyl groups is 1. The molecule has 190 valence electrons. The van der Waals surface area contributed by atoms with Gasteiger partial charge in [0.05, 0.1) is 32.0 Å².